The fraction of sp³-hybridized carbons (Fsp3) is 0.286. The normalized spacial score (nSPS) is 11.3. The van der Waals surface area contributed by atoms with Crippen LogP contribution in [0, 0.1) is 12.7 Å². The third-order valence-corrected chi connectivity index (χ3v) is 5.70. The number of rotatable bonds is 11. The molecule has 4 rings (SSSR count). The van der Waals surface area contributed by atoms with E-state index >= 15 is 0 Å². The van der Waals surface area contributed by atoms with Crippen LogP contribution in [0.25, 0.3) is 22.6 Å². The molecule has 184 valence electrons. The SMILES string of the molecule is Cc1[nH]nc2nc(-c3cnc(NSOc4cc(Cl)ccc4F)cn3)nc(NCCN(C)CCO)c12. The number of aromatic amines is 1. The third kappa shape index (κ3) is 6.25. The standard InChI is InChI=1S/C21H23ClFN9O2S/c1-12-18-20(24-5-6-32(2)7-8-33)27-19(28-21(18)30-29-12)15-10-26-17(11-25-15)31-35-34-16-9-13(22)3-4-14(16)23/h3-4,9-11,33H,5-8H2,1-2H3,(H,26,31)(H2,24,27,28,29,30). The van der Waals surface area contributed by atoms with Crippen LogP contribution < -0.4 is 14.2 Å². The zero-order chi connectivity index (χ0) is 24.8. The smallest absolute Gasteiger partial charge is 0.187 e. The number of aromatic nitrogens is 6. The summed E-state index contributed by atoms with van der Waals surface area (Å²) in [7, 11) is 1.93. The number of nitrogens with zero attached hydrogens (tertiary/aromatic N) is 6. The van der Waals surface area contributed by atoms with E-state index in [2.05, 4.69) is 40.2 Å². The van der Waals surface area contributed by atoms with Gasteiger partial charge in [0.1, 0.15) is 11.5 Å². The van der Waals surface area contributed by atoms with Gasteiger partial charge < -0.3 is 19.5 Å². The van der Waals surface area contributed by atoms with Crippen molar-refractivity contribution in [3.8, 4) is 17.3 Å². The number of likely N-dealkylation sites (N-methyl/N-ethyl adjacent to an activating group) is 1. The highest BCUT2D eigenvalue weighted by molar-refractivity contribution is 7.96. The van der Waals surface area contributed by atoms with Gasteiger partial charge in [0, 0.05) is 36.4 Å². The van der Waals surface area contributed by atoms with Gasteiger partial charge in [-0.3, -0.25) is 9.82 Å². The molecule has 1 aromatic carbocycles. The fourth-order valence-electron chi connectivity index (χ4n) is 3.10. The summed E-state index contributed by atoms with van der Waals surface area (Å²) in [5.41, 5.74) is 1.80. The van der Waals surface area contributed by atoms with Crippen LogP contribution in [0.2, 0.25) is 5.02 Å². The van der Waals surface area contributed by atoms with Crippen molar-refractivity contribution in [2.45, 2.75) is 6.92 Å². The molecular weight excluding hydrogens is 497 g/mol. The molecule has 0 saturated heterocycles. The van der Waals surface area contributed by atoms with Gasteiger partial charge in [0.05, 0.1) is 24.4 Å². The van der Waals surface area contributed by atoms with Gasteiger partial charge >= 0.3 is 0 Å². The molecule has 0 amide bonds. The van der Waals surface area contributed by atoms with E-state index in [0.29, 0.717) is 46.9 Å². The Morgan fingerprint density at radius 1 is 1.23 bits per heavy atom. The first-order chi connectivity index (χ1) is 16.9. The number of fused-ring (bicyclic) bond motifs is 1. The largest absolute Gasteiger partial charge is 0.402 e. The van der Waals surface area contributed by atoms with E-state index in [1.165, 1.54) is 30.6 Å². The van der Waals surface area contributed by atoms with Crippen molar-refractivity contribution in [3.05, 3.63) is 47.1 Å². The zero-order valence-electron chi connectivity index (χ0n) is 18.9. The topological polar surface area (TPSA) is 137 Å². The lowest BCUT2D eigenvalue weighted by atomic mass is 10.3. The maximum atomic E-state index is 13.7. The summed E-state index contributed by atoms with van der Waals surface area (Å²) < 4.78 is 21.9. The number of benzene rings is 1. The second-order valence-electron chi connectivity index (χ2n) is 7.53. The summed E-state index contributed by atoms with van der Waals surface area (Å²) in [6.07, 6.45) is 3.00. The molecule has 3 heterocycles. The number of hydrogen-bond donors (Lipinski definition) is 4. The van der Waals surface area contributed by atoms with E-state index in [0.717, 1.165) is 29.9 Å². The summed E-state index contributed by atoms with van der Waals surface area (Å²) in [5, 5.41) is 20.7. The van der Waals surface area contributed by atoms with Crippen LogP contribution in [-0.2, 0) is 0 Å². The predicted molar refractivity (Wildman–Crippen MR) is 134 cm³/mol. The van der Waals surface area contributed by atoms with Crippen molar-refractivity contribution in [3.63, 3.8) is 0 Å². The molecule has 4 N–H and O–H groups in total. The first-order valence-corrected chi connectivity index (χ1v) is 11.7. The van der Waals surface area contributed by atoms with Gasteiger partial charge in [-0.05, 0) is 26.1 Å². The minimum atomic E-state index is -0.532. The van der Waals surface area contributed by atoms with Gasteiger partial charge in [-0.15, -0.1) is 0 Å². The Balaban J connectivity index is 1.45. The monoisotopic (exact) mass is 519 g/mol. The molecule has 0 radical (unpaired) electrons. The lowest BCUT2D eigenvalue weighted by molar-refractivity contribution is 0.225. The molecule has 0 aliphatic carbocycles. The summed E-state index contributed by atoms with van der Waals surface area (Å²) in [6, 6.07) is 4.04. The van der Waals surface area contributed by atoms with Crippen LogP contribution in [0.1, 0.15) is 5.69 Å². The van der Waals surface area contributed by atoms with Gasteiger partial charge in [0.15, 0.2) is 41.1 Å². The molecule has 35 heavy (non-hydrogen) atoms. The van der Waals surface area contributed by atoms with E-state index in [4.69, 9.17) is 20.9 Å². The summed E-state index contributed by atoms with van der Waals surface area (Å²) in [4.78, 5) is 19.8. The molecule has 0 bridgehead atoms. The van der Waals surface area contributed by atoms with Crippen LogP contribution in [0.5, 0.6) is 5.75 Å². The molecule has 0 aliphatic heterocycles. The first kappa shape index (κ1) is 24.9. The second-order valence-corrected chi connectivity index (χ2v) is 8.50. The van der Waals surface area contributed by atoms with Crippen LogP contribution in [0.4, 0.5) is 16.0 Å². The Morgan fingerprint density at radius 2 is 2.09 bits per heavy atom. The van der Waals surface area contributed by atoms with Gasteiger partial charge in [0.2, 0.25) is 0 Å². The van der Waals surface area contributed by atoms with Crippen molar-refractivity contribution in [2.75, 3.05) is 43.3 Å². The number of H-pyrrole nitrogens is 1. The summed E-state index contributed by atoms with van der Waals surface area (Å²) >= 11 is 6.64. The molecule has 0 saturated carbocycles. The molecule has 0 aliphatic rings. The maximum absolute atomic E-state index is 13.7. The molecular formula is C21H23ClFN9O2S. The van der Waals surface area contributed by atoms with Crippen molar-refractivity contribution in [1.29, 1.82) is 0 Å². The van der Waals surface area contributed by atoms with Gasteiger partial charge in [-0.1, -0.05) is 11.6 Å². The van der Waals surface area contributed by atoms with Crippen molar-refractivity contribution >= 4 is 46.5 Å². The second kappa shape index (κ2) is 11.4. The lowest BCUT2D eigenvalue weighted by Gasteiger charge is -2.16. The molecule has 0 spiro atoms. The van der Waals surface area contributed by atoms with Crippen molar-refractivity contribution < 1.29 is 13.7 Å². The number of aryl methyl sites for hydroxylation is 1. The molecule has 11 nitrogen and oxygen atoms in total. The number of nitrogens with one attached hydrogen (secondary N) is 3. The molecule has 4 aromatic rings. The highest BCUT2D eigenvalue weighted by atomic mass is 35.5. The Kier molecular flexibility index (Phi) is 8.13. The molecule has 0 atom stereocenters. The van der Waals surface area contributed by atoms with Gasteiger partial charge in [-0.25, -0.2) is 24.3 Å². The minimum absolute atomic E-state index is 0.00170. The Morgan fingerprint density at radius 3 is 2.86 bits per heavy atom. The van der Waals surface area contributed by atoms with E-state index in [1.54, 1.807) is 0 Å². The fourth-order valence-corrected chi connectivity index (χ4v) is 3.72. The Bertz CT molecular complexity index is 1290. The molecule has 0 fully saturated rings. The minimum Gasteiger partial charge on any atom is -0.402 e. The Labute approximate surface area is 209 Å². The first-order valence-electron chi connectivity index (χ1n) is 10.6. The van der Waals surface area contributed by atoms with E-state index in [9.17, 15) is 4.39 Å². The quantitative estimate of drug-likeness (QED) is 0.171. The Hall–Kier alpha value is -3.26. The van der Waals surface area contributed by atoms with E-state index in [-0.39, 0.29) is 12.4 Å². The highest BCUT2D eigenvalue weighted by Gasteiger charge is 2.15. The molecule has 14 heteroatoms. The lowest BCUT2D eigenvalue weighted by Crippen LogP contribution is -2.28. The number of hydrogen-bond acceptors (Lipinski definition) is 11. The summed E-state index contributed by atoms with van der Waals surface area (Å²) in [6.45, 7) is 3.93. The van der Waals surface area contributed by atoms with Crippen molar-refractivity contribution in [2.24, 2.45) is 0 Å². The average Bonchev–Trinajstić information content (AvgIpc) is 3.22. The maximum Gasteiger partial charge on any atom is 0.187 e. The van der Waals surface area contributed by atoms with Gasteiger partial charge in [-0.2, -0.15) is 5.10 Å². The third-order valence-electron chi connectivity index (χ3n) is 4.91. The highest BCUT2D eigenvalue weighted by Crippen LogP contribution is 2.27. The molecule has 0 unspecified atom stereocenters. The van der Waals surface area contributed by atoms with E-state index < -0.39 is 5.82 Å². The van der Waals surface area contributed by atoms with Crippen molar-refractivity contribution in [1.82, 2.24) is 35.0 Å². The van der Waals surface area contributed by atoms with Crippen LogP contribution in [-0.4, -0.2) is 73.4 Å². The van der Waals surface area contributed by atoms with Gasteiger partial charge in [0.25, 0.3) is 0 Å². The summed E-state index contributed by atoms with van der Waals surface area (Å²) in [5.74, 6) is 0.848. The number of aliphatic hydroxyl groups is 1. The zero-order valence-corrected chi connectivity index (χ0v) is 20.5. The van der Waals surface area contributed by atoms with Crippen LogP contribution in [0.15, 0.2) is 30.6 Å². The van der Waals surface area contributed by atoms with Crippen LogP contribution >= 0.6 is 23.8 Å². The average molecular weight is 520 g/mol. The predicted octanol–water partition coefficient (Wildman–Crippen LogP) is 3.30. The van der Waals surface area contributed by atoms with Crippen LogP contribution in [0.3, 0.4) is 0 Å². The molecule has 3 aromatic heterocycles. The number of aliphatic hydroxyl groups excluding tert-OH is 1. The van der Waals surface area contributed by atoms with E-state index in [1.807, 2.05) is 18.9 Å². The number of halogens is 2. The number of anilines is 2.